The molecule has 0 atom stereocenters. The number of nitrogens with zero attached hydrogens (tertiary/aromatic N) is 1. The second-order valence-corrected chi connectivity index (χ2v) is 8.73. The number of aromatic nitrogens is 1. The van der Waals surface area contributed by atoms with E-state index in [4.69, 9.17) is 14.5 Å². The van der Waals surface area contributed by atoms with Crippen molar-refractivity contribution in [2.45, 2.75) is 23.3 Å². The molecule has 3 aromatic carbocycles. The molecule has 0 bridgehead atoms. The summed E-state index contributed by atoms with van der Waals surface area (Å²) < 4.78 is 10.7. The van der Waals surface area contributed by atoms with Gasteiger partial charge in [0.25, 0.3) is 5.91 Å². The molecule has 0 aliphatic heterocycles. The molecular weight excluding hydrogens is 432 g/mol. The molecule has 5 nitrogen and oxygen atoms in total. The van der Waals surface area contributed by atoms with Crippen LogP contribution in [0.25, 0.3) is 10.9 Å². The van der Waals surface area contributed by atoms with E-state index in [1.165, 1.54) is 5.56 Å². The smallest absolute Gasteiger partial charge is 0.252 e. The number of methoxy groups -OCH3 is 2. The number of hydrogen-bond acceptors (Lipinski definition) is 5. The first-order valence-corrected chi connectivity index (χ1v) is 11.5. The van der Waals surface area contributed by atoms with Crippen LogP contribution < -0.4 is 14.8 Å². The van der Waals surface area contributed by atoms with E-state index in [2.05, 4.69) is 36.5 Å². The van der Waals surface area contributed by atoms with Crippen molar-refractivity contribution in [3.8, 4) is 11.5 Å². The number of carbonyl (C=O) groups is 1. The molecule has 6 heteroatoms. The topological polar surface area (TPSA) is 60.5 Å². The lowest BCUT2D eigenvalue weighted by Gasteiger charge is -2.12. The Balaban J connectivity index is 1.51. The van der Waals surface area contributed by atoms with Crippen molar-refractivity contribution in [1.29, 1.82) is 0 Å². The molecule has 1 heterocycles. The Morgan fingerprint density at radius 2 is 1.70 bits per heavy atom. The van der Waals surface area contributed by atoms with Crippen molar-refractivity contribution in [3.63, 3.8) is 0 Å². The summed E-state index contributed by atoms with van der Waals surface area (Å²) >= 11 is 1.55. The lowest BCUT2D eigenvalue weighted by atomic mass is 10.1. The van der Waals surface area contributed by atoms with Crippen molar-refractivity contribution >= 4 is 28.6 Å². The van der Waals surface area contributed by atoms with Crippen LogP contribution in [-0.2, 0) is 6.42 Å². The number of fused-ring (bicyclic) bond motifs is 1. The molecule has 0 unspecified atom stereocenters. The second-order valence-electron chi connectivity index (χ2n) is 7.64. The van der Waals surface area contributed by atoms with E-state index in [1.54, 1.807) is 26.0 Å². The van der Waals surface area contributed by atoms with Crippen LogP contribution in [-0.4, -0.2) is 31.7 Å². The van der Waals surface area contributed by atoms with Crippen LogP contribution in [0, 0.1) is 6.92 Å². The largest absolute Gasteiger partial charge is 0.493 e. The highest BCUT2D eigenvalue weighted by Crippen LogP contribution is 2.30. The number of nitrogens with one attached hydrogen (secondary N) is 1. The van der Waals surface area contributed by atoms with Crippen molar-refractivity contribution < 1.29 is 14.3 Å². The standard InChI is InChI=1S/C27H26N2O3S/c1-18-8-11-20(12-9-18)33-26-17-22(21-6-4-5-7-23(21)29-26)27(30)28-15-14-19-10-13-24(31-2)25(16-19)32-3/h4-13,16-17H,14-15H2,1-3H3,(H,28,30). The van der Waals surface area contributed by atoms with Crippen molar-refractivity contribution in [3.05, 3.63) is 89.5 Å². The first kappa shape index (κ1) is 22.7. The minimum absolute atomic E-state index is 0.111. The van der Waals surface area contributed by atoms with E-state index in [-0.39, 0.29) is 5.91 Å². The minimum Gasteiger partial charge on any atom is -0.493 e. The third kappa shape index (κ3) is 5.46. The molecule has 0 aliphatic rings. The molecule has 4 rings (SSSR count). The molecule has 1 amide bonds. The average molecular weight is 459 g/mol. The second kappa shape index (κ2) is 10.4. The van der Waals surface area contributed by atoms with E-state index in [0.29, 0.717) is 30.0 Å². The first-order valence-electron chi connectivity index (χ1n) is 10.7. The van der Waals surface area contributed by atoms with Gasteiger partial charge in [0.05, 0.1) is 25.3 Å². The number of rotatable bonds is 8. The first-order chi connectivity index (χ1) is 16.1. The number of amides is 1. The molecule has 168 valence electrons. The van der Waals surface area contributed by atoms with E-state index in [9.17, 15) is 4.79 Å². The number of para-hydroxylation sites is 1. The summed E-state index contributed by atoms with van der Waals surface area (Å²) in [4.78, 5) is 19.0. The molecule has 1 N–H and O–H groups in total. The van der Waals surface area contributed by atoms with Gasteiger partial charge < -0.3 is 14.8 Å². The number of benzene rings is 3. The van der Waals surface area contributed by atoms with Crippen molar-refractivity contribution in [1.82, 2.24) is 10.3 Å². The van der Waals surface area contributed by atoms with Crippen LogP contribution in [0.1, 0.15) is 21.5 Å². The Labute approximate surface area is 198 Å². The highest BCUT2D eigenvalue weighted by molar-refractivity contribution is 7.99. The van der Waals surface area contributed by atoms with E-state index < -0.39 is 0 Å². The molecule has 0 radical (unpaired) electrons. The Hall–Kier alpha value is -3.51. The van der Waals surface area contributed by atoms with Gasteiger partial charge in [-0.25, -0.2) is 4.98 Å². The monoisotopic (exact) mass is 458 g/mol. The van der Waals surface area contributed by atoms with Gasteiger partial charge in [-0.1, -0.05) is 53.7 Å². The van der Waals surface area contributed by atoms with Crippen molar-refractivity contribution in [2.24, 2.45) is 0 Å². The number of hydrogen-bond donors (Lipinski definition) is 1. The van der Waals surface area contributed by atoms with Gasteiger partial charge in [0.2, 0.25) is 0 Å². The quantitative estimate of drug-likeness (QED) is 0.368. The van der Waals surface area contributed by atoms with Crippen LogP contribution in [0.4, 0.5) is 0 Å². The van der Waals surface area contributed by atoms with Crippen LogP contribution in [0.2, 0.25) is 0 Å². The molecule has 0 fully saturated rings. The van der Waals surface area contributed by atoms with Gasteiger partial charge in [0, 0.05) is 16.8 Å². The number of carbonyl (C=O) groups excluding carboxylic acids is 1. The van der Waals surface area contributed by atoms with Gasteiger partial charge in [-0.05, 0) is 55.3 Å². The zero-order valence-corrected chi connectivity index (χ0v) is 19.7. The highest BCUT2D eigenvalue weighted by Gasteiger charge is 2.14. The summed E-state index contributed by atoms with van der Waals surface area (Å²) in [6.45, 7) is 2.57. The van der Waals surface area contributed by atoms with Crippen LogP contribution in [0.5, 0.6) is 11.5 Å². The van der Waals surface area contributed by atoms with Crippen LogP contribution >= 0.6 is 11.8 Å². The zero-order chi connectivity index (χ0) is 23.2. The Bertz CT molecular complexity index is 1270. The Kier molecular flexibility index (Phi) is 7.15. The molecule has 0 saturated carbocycles. The maximum absolute atomic E-state index is 13.1. The van der Waals surface area contributed by atoms with Crippen molar-refractivity contribution in [2.75, 3.05) is 20.8 Å². The van der Waals surface area contributed by atoms with Gasteiger partial charge in [-0.3, -0.25) is 4.79 Å². The fraction of sp³-hybridized carbons (Fsp3) is 0.185. The molecule has 4 aromatic rings. The number of aryl methyl sites for hydroxylation is 1. The van der Waals surface area contributed by atoms with Crippen LogP contribution in [0.15, 0.2) is 82.7 Å². The molecule has 0 spiro atoms. The molecule has 0 aliphatic carbocycles. The van der Waals surface area contributed by atoms with Gasteiger partial charge in [0.15, 0.2) is 11.5 Å². The molecule has 33 heavy (non-hydrogen) atoms. The van der Waals surface area contributed by atoms with E-state index in [0.717, 1.165) is 26.4 Å². The fourth-order valence-electron chi connectivity index (χ4n) is 3.57. The third-order valence-electron chi connectivity index (χ3n) is 5.33. The predicted molar refractivity (Wildman–Crippen MR) is 133 cm³/mol. The molecule has 0 saturated heterocycles. The average Bonchev–Trinajstić information content (AvgIpc) is 2.84. The summed E-state index contributed by atoms with van der Waals surface area (Å²) in [5.41, 5.74) is 3.70. The van der Waals surface area contributed by atoms with Gasteiger partial charge in [-0.15, -0.1) is 0 Å². The summed E-state index contributed by atoms with van der Waals surface area (Å²) in [7, 11) is 3.23. The maximum Gasteiger partial charge on any atom is 0.252 e. The normalized spacial score (nSPS) is 10.8. The van der Waals surface area contributed by atoms with Gasteiger partial charge in [0.1, 0.15) is 5.03 Å². The lowest BCUT2D eigenvalue weighted by Crippen LogP contribution is -2.26. The van der Waals surface area contributed by atoms with E-state index >= 15 is 0 Å². The minimum atomic E-state index is -0.111. The Morgan fingerprint density at radius 1 is 0.939 bits per heavy atom. The van der Waals surface area contributed by atoms with E-state index in [1.807, 2.05) is 48.5 Å². The number of pyridine rings is 1. The highest BCUT2D eigenvalue weighted by atomic mass is 32.2. The summed E-state index contributed by atoms with van der Waals surface area (Å²) in [5, 5.41) is 4.69. The summed E-state index contributed by atoms with van der Waals surface area (Å²) in [6, 6.07) is 23.7. The predicted octanol–water partition coefficient (Wildman–Crippen LogP) is 5.68. The molecule has 1 aromatic heterocycles. The third-order valence-corrected chi connectivity index (χ3v) is 6.25. The molecular formula is C27H26N2O3S. The fourth-order valence-corrected chi connectivity index (χ4v) is 4.40. The summed E-state index contributed by atoms with van der Waals surface area (Å²) in [5.74, 6) is 1.26. The maximum atomic E-state index is 13.1. The SMILES string of the molecule is COc1ccc(CCNC(=O)c2cc(Sc3ccc(C)cc3)nc3ccccc23)cc1OC. The summed E-state index contributed by atoms with van der Waals surface area (Å²) in [6.07, 6.45) is 0.681. The lowest BCUT2D eigenvalue weighted by molar-refractivity contribution is 0.0955. The van der Waals surface area contributed by atoms with Crippen LogP contribution in [0.3, 0.4) is 0 Å². The Morgan fingerprint density at radius 3 is 2.45 bits per heavy atom. The number of ether oxygens (including phenoxy) is 2. The van der Waals surface area contributed by atoms with Gasteiger partial charge >= 0.3 is 0 Å². The zero-order valence-electron chi connectivity index (χ0n) is 18.9. The van der Waals surface area contributed by atoms with Gasteiger partial charge in [-0.2, -0.15) is 0 Å².